The number of nitrogens with zero attached hydrogens (tertiary/aromatic N) is 5. The summed E-state index contributed by atoms with van der Waals surface area (Å²) >= 11 is 0. The number of carbonyl (C=O) groups excluding carboxylic acids is 1. The summed E-state index contributed by atoms with van der Waals surface area (Å²) in [6.45, 7) is 8.38. The number of carbonyl (C=O) groups is 1. The van der Waals surface area contributed by atoms with E-state index in [1.165, 1.54) is 10.5 Å². The highest BCUT2D eigenvalue weighted by Gasteiger charge is 2.34. The minimum atomic E-state index is -0.0304. The number of piperazine rings is 1. The second-order valence-corrected chi connectivity index (χ2v) is 8.61. The SMILES string of the molecule is CC(C)C[C@H](c1nnnn1CCc1ccccc1)[NH+]1CCN(C(=O)c2ccco2)CC1. The molecule has 3 aromatic rings. The van der Waals surface area contributed by atoms with Crippen LogP contribution in [0.5, 0.6) is 0 Å². The van der Waals surface area contributed by atoms with Gasteiger partial charge in [0.05, 0.1) is 32.4 Å². The number of nitrogens with one attached hydrogen (secondary N) is 1. The standard InChI is InChI=1S/C23H30N6O2/c1-18(2)17-20(22-24-25-26-29(22)11-10-19-7-4-3-5-8-19)27-12-14-28(15-13-27)23(30)21-9-6-16-31-21/h3-9,16,18,20H,10-15,17H2,1-2H3/p+1/t20-/m1/s1. The normalized spacial score (nSPS) is 16.0. The second kappa shape index (κ2) is 9.87. The molecule has 1 fully saturated rings. The van der Waals surface area contributed by atoms with Crippen LogP contribution in [0.15, 0.2) is 53.1 Å². The Morgan fingerprint density at radius 2 is 1.90 bits per heavy atom. The van der Waals surface area contributed by atoms with Crippen LogP contribution in [-0.4, -0.2) is 57.2 Å². The van der Waals surface area contributed by atoms with E-state index in [1.807, 2.05) is 15.6 Å². The Kier molecular flexibility index (Phi) is 6.76. The van der Waals surface area contributed by atoms with Crippen molar-refractivity contribution in [1.82, 2.24) is 25.1 Å². The quantitative estimate of drug-likeness (QED) is 0.596. The molecule has 8 heteroatoms. The smallest absolute Gasteiger partial charge is 0.289 e. The van der Waals surface area contributed by atoms with Crippen LogP contribution in [-0.2, 0) is 13.0 Å². The first-order valence-corrected chi connectivity index (χ1v) is 11.1. The fourth-order valence-electron chi connectivity index (χ4n) is 4.33. The largest absolute Gasteiger partial charge is 0.459 e. The molecule has 0 aliphatic carbocycles. The lowest BCUT2D eigenvalue weighted by Gasteiger charge is -2.36. The Bertz CT molecular complexity index is 946. The molecule has 0 saturated carbocycles. The molecule has 0 spiro atoms. The number of rotatable bonds is 8. The molecule has 3 heterocycles. The highest BCUT2D eigenvalue weighted by atomic mass is 16.3. The number of amides is 1. The molecule has 1 amide bonds. The molecule has 1 N–H and O–H groups in total. The van der Waals surface area contributed by atoms with Crippen molar-refractivity contribution >= 4 is 5.91 Å². The predicted molar refractivity (Wildman–Crippen MR) is 115 cm³/mol. The third kappa shape index (κ3) is 5.19. The Labute approximate surface area is 182 Å². The minimum absolute atomic E-state index is 0.0304. The van der Waals surface area contributed by atoms with Crippen molar-refractivity contribution in [2.45, 2.75) is 39.3 Å². The van der Waals surface area contributed by atoms with Crippen molar-refractivity contribution in [3.05, 3.63) is 65.9 Å². The first-order valence-electron chi connectivity index (χ1n) is 11.1. The lowest BCUT2D eigenvalue weighted by Crippen LogP contribution is -3.15. The number of hydrogen-bond acceptors (Lipinski definition) is 5. The van der Waals surface area contributed by atoms with Gasteiger partial charge in [-0.15, -0.1) is 5.10 Å². The lowest BCUT2D eigenvalue weighted by molar-refractivity contribution is -0.937. The van der Waals surface area contributed by atoms with Gasteiger partial charge in [-0.25, -0.2) is 4.68 Å². The van der Waals surface area contributed by atoms with Crippen molar-refractivity contribution in [2.24, 2.45) is 5.92 Å². The maximum absolute atomic E-state index is 12.6. The number of benzene rings is 1. The zero-order chi connectivity index (χ0) is 21.6. The molecular weight excluding hydrogens is 392 g/mol. The van der Waals surface area contributed by atoms with Crippen molar-refractivity contribution in [1.29, 1.82) is 0 Å². The molecule has 2 aromatic heterocycles. The van der Waals surface area contributed by atoms with E-state index < -0.39 is 0 Å². The molecular formula is C23H31N6O2+. The highest BCUT2D eigenvalue weighted by molar-refractivity contribution is 5.91. The summed E-state index contributed by atoms with van der Waals surface area (Å²) in [6, 6.07) is 14.1. The number of tetrazole rings is 1. The predicted octanol–water partition coefficient (Wildman–Crippen LogP) is 1.64. The van der Waals surface area contributed by atoms with Gasteiger partial charge in [-0.05, 0) is 40.5 Å². The molecule has 4 rings (SSSR count). The molecule has 31 heavy (non-hydrogen) atoms. The van der Waals surface area contributed by atoms with Crippen LogP contribution in [0.25, 0.3) is 0 Å². The van der Waals surface area contributed by atoms with Gasteiger partial charge >= 0.3 is 0 Å². The molecule has 1 saturated heterocycles. The summed E-state index contributed by atoms with van der Waals surface area (Å²) in [5.74, 6) is 1.86. The van der Waals surface area contributed by atoms with Gasteiger partial charge in [-0.1, -0.05) is 44.2 Å². The molecule has 0 radical (unpaired) electrons. The summed E-state index contributed by atoms with van der Waals surface area (Å²) < 4.78 is 7.25. The third-order valence-corrected chi connectivity index (χ3v) is 5.95. The number of quaternary nitrogens is 1. The lowest BCUT2D eigenvalue weighted by atomic mass is 10.0. The van der Waals surface area contributed by atoms with Gasteiger partial charge in [0.25, 0.3) is 5.91 Å². The minimum Gasteiger partial charge on any atom is -0.459 e. The average Bonchev–Trinajstić information content (AvgIpc) is 3.49. The van der Waals surface area contributed by atoms with Crippen LogP contribution in [0, 0.1) is 5.92 Å². The Morgan fingerprint density at radius 3 is 2.58 bits per heavy atom. The van der Waals surface area contributed by atoms with Crippen LogP contribution < -0.4 is 4.90 Å². The van der Waals surface area contributed by atoms with Crippen LogP contribution in [0.4, 0.5) is 0 Å². The Balaban J connectivity index is 1.44. The Hall–Kier alpha value is -3.00. The number of furan rings is 1. The van der Waals surface area contributed by atoms with Gasteiger partial charge in [-0.3, -0.25) is 4.79 Å². The fourth-order valence-corrected chi connectivity index (χ4v) is 4.33. The van der Waals surface area contributed by atoms with Gasteiger partial charge in [0.1, 0.15) is 6.04 Å². The first-order chi connectivity index (χ1) is 15.1. The fraction of sp³-hybridized carbons (Fsp3) is 0.478. The van der Waals surface area contributed by atoms with E-state index in [-0.39, 0.29) is 11.9 Å². The van der Waals surface area contributed by atoms with Crippen LogP contribution in [0.2, 0.25) is 0 Å². The zero-order valence-electron chi connectivity index (χ0n) is 18.3. The van der Waals surface area contributed by atoms with Crippen LogP contribution >= 0.6 is 0 Å². The number of hydrogen-bond donors (Lipinski definition) is 1. The molecule has 1 aliphatic heterocycles. The van der Waals surface area contributed by atoms with Crippen molar-refractivity contribution < 1.29 is 14.1 Å². The average molecular weight is 424 g/mol. The monoisotopic (exact) mass is 423 g/mol. The second-order valence-electron chi connectivity index (χ2n) is 8.61. The van der Waals surface area contributed by atoms with E-state index in [0.29, 0.717) is 24.8 Å². The summed E-state index contributed by atoms with van der Waals surface area (Å²) in [6.07, 6.45) is 3.45. The highest BCUT2D eigenvalue weighted by Crippen LogP contribution is 2.17. The van der Waals surface area contributed by atoms with Crippen molar-refractivity contribution in [3.63, 3.8) is 0 Å². The maximum atomic E-state index is 12.6. The molecule has 0 bridgehead atoms. The first kappa shape index (κ1) is 21.2. The zero-order valence-corrected chi connectivity index (χ0v) is 18.3. The van der Waals surface area contributed by atoms with Crippen molar-refractivity contribution in [3.8, 4) is 0 Å². The molecule has 8 nitrogen and oxygen atoms in total. The molecule has 1 aromatic carbocycles. The summed E-state index contributed by atoms with van der Waals surface area (Å²) in [5.41, 5.74) is 1.28. The molecule has 1 atom stereocenters. The molecule has 164 valence electrons. The van der Waals surface area contributed by atoms with Gasteiger partial charge < -0.3 is 14.2 Å². The third-order valence-electron chi connectivity index (χ3n) is 5.95. The number of aryl methyl sites for hydroxylation is 2. The van der Waals surface area contributed by atoms with Gasteiger partial charge in [0, 0.05) is 13.0 Å². The molecule has 0 unspecified atom stereocenters. The van der Waals surface area contributed by atoms with E-state index in [4.69, 9.17) is 4.42 Å². The van der Waals surface area contributed by atoms with Crippen LogP contribution in [0.1, 0.15) is 48.3 Å². The number of aromatic nitrogens is 4. The van der Waals surface area contributed by atoms with Crippen LogP contribution in [0.3, 0.4) is 0 Å². The summed E-state index contributed by atoms with van der Waals surface area (Å²) in [5, 5.41) is 12.7. The summed E-state index contributed by atoms with van der Waals surface area (Å²) in [7, 11) is 0. The molecule has 1 aliphatic rings. The topological polar surface area (TPSA) is 81.5 Å². The van der Waals surface area contributed by atoms with Gasteiger partial charge in [0.15, 0.2) is 5.76 Å². The van der Waals surface area contributed by atoms with Gasteiger partial charge in [-0.2, -0.15) is 0 Å². The van der Waals surface area contributed by atoms with Gasteiger partial charge in [0.2, 0.25) is 5.82 Å². The van der Waals surface area contributed by atoms with E-state index in [2.05, 4.69) is 53.6 Å². The van der Waals surface area contributed by atoms with E-state index >= 15 is 0 Å². The van der Waals surface area contributed by atoms with E-state index in [1.54, 1.807) is 18.4 Å². The van der Waals surface area contributed by atoms with E-state index in [9.17, 15) is 4.79 Å². The summed E-state index contributed by atoms with van der Waals surface area (Å²) in [4.78, 5) is 15.9. The van der Waals surface area contributed by atoms with Crippen molar-refractivity contribution in [2.75, 3.05) is 26.2 Å². The van der Waals surface area contributed by atoms with E-state index in [0.717, 1.165) is 38.3 Å². The Morgan fingerprint density at radius 1 is 1.13 bits per heavy atom. The maximum Gasteiger partial charge on any atom is 0.289 e.